The van der Waals surface area contributed by atoms with Crippen LogP contribution in [0.5, 0.6) is 0 Å². The van der Waals surface area contributed by atoms with Gasteiger partial charge in [0.1, 0.15) is 0 Å². The molecule has 2 atom stereocenters. The van der Waals surface area contributed by atoms with Gasteiger partial charge in [-0.05, 0) is 18.2 Å². The molecule has 1 saturated heterocycles. The lowest BCUT2D eigenvalue weighted by molar-refractivity contribution is 0.0696. The maximum atomic E-state index is 11.3. The zero-order valence-corrected chi connectivity index (χ0v) is 10.9. The molecule has 5 nitrogen and oxygen atoms in total. The average molecular weight is 288 g/mol. The number of hydrogen-bond acceptors (Lipinski definition) is 5. The second-order valence-electron chi connectivity index (χ2n) is 4.13. The Kier molecular flexibility index (Phi) is 3.65. The summed E-state index contributed by atoms with van der Waals surface area (Å²) in [5, 5.41) is 18.1. The molecule has 2 N–H and O–H groups in total. The van der Waals surface area contributed by atoms with Crippen LogP contribution < -0.4 is 0 Å². The van der Waals surface area contributed by atoms with Crippen molar-refractivity contribution in [1.29, 1.82) is 0 Å². The molecule has 1 fully saturated rings. The molecule has 2 unspecified atom stereocenters. The van der Waals surface area contributed by atoms with Crippen LogP contribution in [-0.2, 0) is 9.84 Å². The van der Waals surface area contributed by atoms with Gasteiger partial charge in [0.05, 0.1) is 28.4 Å². The number of carboxylic acid groups (broad SMARTS) is 1. The van der Waals surface area contributed by atoms with Gasteiger partial charge in [-0.3, -0.25) is 0 Å². The Hall–Kier alpha value is -1.05. The fraction of sp³-hybridized carbons (Fsp3) is 0.364. The van der Waals surface area contributed by atoms with E-state index >= 15 is 0 Å². The third-order valence-electron chi connectivity index (χ3n) is 2.64. The lowest BCUT2D eigenvalue weighted by Crippen LogP contribution is -2.19. The summed E-state index contributed by atoms with van der Waals surface area (Å²) in [6.07, 6.45) is -0.895. The number of carbonyl (C=O) groups is 1. The van der Waals surface area contributed by atoms with Gasteiger partial charge in [-0.2, -0.15) is 0 Å². The Bertz CT molecular complexity index is 567. The van der Waals surface area contributed by atoms with Gasteiger partial charge in [0.2, 0.25) is 0 Å². The summed E-state index contributed by atoms with van der Waals surface area (Å²) in [6.45, 7) is 0. The zero-order valence-electron chi connectivity index (χ0n) is 9.31. The lowest BCUT2D eigenvalue weighted by Gasteiger charge is -2.12. The van der Waals surface area contributed by atoms with Crippen LogP contribution in [0.1, 0.15) is 10.4 Å². The molecular formula is C11H12O5S2. The van der Waals surface area contributed by atoms with Crippen molar-refractivity contribution in [2.45, 2.75) is 16.2 Å². The van der Waals surface area contributed by atoms with Crippen molar-refractivity contribution in [3.05, 3.63) is 29.8 Å². The number of sulfone groups is 1. The topological polar surface area (TPSA) is 91.7 Å². The first-order chi connectivity index (χ1) is 8.37. The molecule has 1 aromatic carbocycles. The summed E-state index contributed by atoms with van der Waals surface area (Å²) in [5.74, 6) is -1.32. The number of hydrogen-bond donors (Lipinski definition) is 2. The molecule has 18 heavy (non-hydrogen) atoms. The highest BCUT2D eigenvalue weighted by atomic mass is 32.2. The van der Waals surface area contributed by atoms with Crippen molar-refractivity contribution < 1.29 is 23.4 Å². The first kappa shape index (κ1) is 13.4. The van der Waals surface area contributed by atoms with Crippen molar-refractivity contribution >= 4 is 27.6 Å². The van der Waals surface area contributed by atoms with Gasteiger partial charge in [0.15, 0.2) is 9.84 Å². The minimum absolute atomic E-state index is 0.0733. The summed E-state index contributed by atoms with van der Waals surface area (Å²) >= 11 is 1.20. The van der Waals surface area contributed by atoms with E-state index in [0.29, 0.717) is 4.90 Å². The number of thioether (sulfide) groups is 1. The molecule has 0 amide bonds. The first-order valence-electron chi connectivity index (χ1n) is 5.26. The van der Waals surface area contributed by atoms with Gasteiger partial charge < -0.3 is 10.2 Å². The minimum atomic E-state index is -3.18. The van der Waals surface area contributed by atoms with Crippen molar-refractivity contribution in [3.63, 3.8) is 0 Å². The first-order valence-corrected chi connectivity index (χ1v) is 7.96. The van der Waals surface area contributed by atoms with Crippen molar-refractivity contribution in [2.24, 2.45) is 0 Å². The lowest BCUT2D eigenvalue weighted by atomic mass is 10.2. The Morgan fingerprint density at radius 2 is 2.06 bits per heavy atom. The van der Waals surface area contributed by atoms with E-state index in [9.17, 15) is 18.3 Å². The fourth-order valence-corrected chi connectivity index (χ4v) is 5.37. The van der Waals surface area contributed by atoms with Crippen molar-refractivity contribution in [1.82, 2.24) is 0 Å². The number of carboxylic acids is 1. The SMILES string of the molecule is O=C(O)c1cccc(SC2CS(=O)(=O)CC2O)c1. The summed E-state index contributed by atoms with van der Waals surface area (Å²) in [4.78, 5) is 11.5. The van der Waals surface area contributed by atoms with Gasteiger partial charge >= 0.3 is 5.97 Å². The number of aromatic carboxylic acids is 1. The van der Waals surface area contributed by atoms with Crippen LogP contribution in [0.4, 0.5) is 0 Å². The van der Waals surface area contributed by atoms with Crippen LogP contribution in [0.15, 0.2) is 29.2 Å². The molecule has 0 aliphatic carbocycles. The molecule has 1 heterocycles. The van der Waals surface area contributed by atoms with E-state index in [-0.39, 0.29) is 17.1 Å². The van der Waals surface area contributed by atoms with E-state index in [0.717, 1.165) is 0 Å². The maximum Gasteiger partial charge on any atom is 0.335 e. The second-order valence-corrected chi connectivity index (χ2v) is 7.60. The molecule has 0 aromatic heterocycles. The predicted molar refractivity (Wildman–Crippen MR) is 67.7 cm³/mol. The minimum Gasteiger partial charge on any atom is -0.478 e. The third kappa shape index (κ3) is 3.04. The third-order valence-corrected chi connectivity index (χ3v) is 5.88. The van der Waals surface area contributed by atoms with Crippen LogP contribution >= 0.6 is 11.8 Å². The Balaban J connectivity index is 2.15. The van der Waals surface area contributed by atoms with E-state index in [1.165, 1.54) is 23.9 Å². The van der Waals surface area contributed by atoms with Crippen LogP contribution in [0.2, 0.25) is 0 Å². The van der Waals surface area contributed by atoms with Gasteiger partial charge in [0, 0.05) is 4.90 Å². The number of aliphatic hydroxyl groups is 1. The molecular weight excluding hydrogens is 276 g/mol. The highest BCUT2D eigenvalue weighted by molar-refractivity contribution is 8.02. The largest absolute Gasteiger partial charge is 0.478 e. The van der Waals surface area contributed by atoms with Crippen LogP contribution in [-0.4, -0.2) is 47.5 Å². The zero-order chi connectivity index (χ0) is 13.3. The summed E-state index contributed by atoms with van der Waals surface area (Å²) in [5.41, 5.74) is 0.148. The molecule has 0 bridgehead atoms. The van der Waals surface area contributed by atoms with Crippen molar-refractivity contribution in [2.75, 3.05) is 11.5 Å². The monoisotopic (exact) mass is 288 g/mol. The molecule has 0 spiro atoms. The molecule has 1 aliphatic rings. The number of aliphatic hydroxyl groups excluding tert-OH is 1. The smallest absolute Gasteiger partial charge is 0.335 e. The quantitative estimate of drug-likeness (QED) is 0.848. The van der Waals surface area contributed by atoms with Gasteiger partial charge in [-0.1, -0.05) is 6.07 Å². The molecule has 7 heteroatoms. The summed E-state index contributed by atoms with van der Waals surface area (Å²) in [6, 6.07) is 6.25. The summed E-state index contributed by atoms with van der Waals surface area (Å²) in [7, 11) is -3.18. The molecule has 1 aliphatic heterocycles. The van der Waals surface area contributed by atoms with Crippen molar-refractivity contribution in [3.8, 4) is 0 Å². The molecule has 98 valence electrons. The van der Waals surface area contributed by atoms with Gasteiger partial charge in [0.25, 0.3) is 0 Å². The second kappa shape index (κ2) is 4.91. The highest BCUT2D eigenvalue weighted by Gasteiger charge is 2.37. The van der Waals surface area contributed by atoms with E-state index in [2.05, 4.69) is 0 Å². The van der Waals surface area contributed by atoms with Gasteiger partial charge in [-0.25, -0.2) is 13.2 Å². The van der Waals surface area contributed by atoms with E-state index < -0.39 is 27.2 Å². The van der Waals surface area contributed by atoms with Crippen LogP contribution in [0, 0.1) is 0 Å². The Morgan fingerprint density at radius 1 is 1.33 bits per heavy atom. The maximum absolute atomic E-state index is 11.3. The molecule has 1 aromatic rings. The van der Waals surface area contributed by atoms with E-state index in [1.807, 2.05) is 0 Å². The number of rotatable bonds is 3. The van der Waals surface area contributed by atoms with E-state index in [4.69, 9.17) is 5.11 Å². The Labute approximate surface area is 109 Å². The van der Waals surface area contributed by atoms with Crippen LogP contribution in [0.3, 0.4) is 0 Å². The summed E-state index contributed by atoms with van der Waals surface area (Å²) < 4.78 is 22.7. The normalized spacial score (nSPS) is 26.1. The Morgan fingerprint density at radius 3 is 2.61 bits per heavy atom. The van der Waals surface area contributed by atoms with Crippen LogP contribution in [0.25, 0.3) is 0 Å². The molecule has 0 radical (unpaired) electrons. The standard InChI is InChI=1S/C11H12O5S2/c12-9-5-18(15,16)6-10(9)17-8-3-1-2-7(4-8)11(13)14/h1-4,9-10,12H,5-6H2,(H,13,14). The predicted octanol–water partition coefficient (Wildman–Crippen LogP) is 0.635. The average Bonchev–Trinajstić information content (AvgIpc) is 2.52. The molecule has 0 saturated carbocycles. The fourth-order valence-electron chi connectivity index (χ4n) is 1.79. The highest BCUT2D eigenvalue weighted by Crippen LogP contribution is 2.31. The molecule has 2 rings (SSSR count). The number of benzene rings is 1. The van der Waals surface area contributed by atoms with E-state index in [1.54, 1.807) is 12.1 Å². The van der Waals surface area contributed by atoms with Gasteiger partial charge in [-0.15, -0.1) is 11.8 Å².